The second-order valence-corrected chi connectivity index (χ2v) is 20.1. The van der Waals surface area contributed by atoms with Gasteiger partial charge in [-0.15, -0.1) is 0 Å². The maximum Gasteiger partial charge on any atom is 0.305 e. The van der Waals surface area contributed by atoms with Crippen molar-refractivity contribution in [2.75, 3.05) is 59.1 Å². The molecule has 0 saturated heterocycles. The number of carbonyl (C=O) groups is 2. The molecule has 0 amide bonds. The molecule has 7 nitrogen and oxygen atoms in total. The highest BCUT2D eigenvalue weighted by Crippen LogP contribution is 2.22. The van der Waals surface area contributed by atoms with Crippen LogP contribution in [0.3, 0.4) is 0 Å². The molecule has 0 aliphatic carbocycles. The number of aliphatic hydroxyl groups excluding tert-OH is 1. The molecular formula is C57H114N2O5. The Labute approximate surface area is 400 Å². The van der Waals surface area contributed by atoms with Crippen molar-refractivity contribution in [3.8, 4) is 0 Å². The summed E-state index contributed by atoms with van der Waals surface area (Å²) in [5.41, 5.74) is 0. The van der Waals surface area contributed by atoms with Crippen molar-refractivity contribution in [2.45, 2.75) is 285 Å². The Bertz CT molecular complexity index is 917. The lowest BCUT2D eigenvalue weighted by Gasteiger charge is -2.27. The van der Waals surface area contributed by atoms with E-state index in [1.165, 1.54) is 199 Å². The van der Waals surface area contributed by atoms with Crippen molar-refractivity contribution < 1.29 is 24.2 Å². The SMILES string of the molecule is CCCCCCCCC(CCCCCCCC)COC(=O)CCCCCN(CCO)CCN(CCCCC)CCCCCC(=O)OCC(CCCCCCCC)CCCCCCCC. The highest BCUT2D eigenvalue weighted by Gasteiger charge is 2.15. The molecule has 64 heavy (non-hydrogen) atoms. The van der Waals surface area contributed by atoms with Gasteiger partial charge in [-0.2, -0.15) is 0 Å². The largest absolute Gasteiger partial charge is 0.465 e. The lowest BCUT2D eigenvalue weighted by atomic mass is 9.94. The number of carbonyl (C=O) groups excluding carboxylic acids is 2. The minimum absolute atomic E-state index is 0.00141. The molecule has 1 N–H and O–H groups in total. The Hall–Kier alpha value is -1.18. The molecule has 382 valence electrons. The van der Waals surface area contributed by atoms with E-state index in [-0.39, 0.29) is 18.5 Å². The van der Waals surface area contributed by atoms with Crippen LogP contribution in [0.2, 0.25) is 0 Å². The second-order valence-electron chi connectivity index (χ2n) is 20.1. The average molecular weight is 908 g/mol. The van der Waals surface area contributed by atoms with E-state index in [2.05, 4.69) is 44.4 Å². The molecule has 0 aromatic rings. The van der Waals surface area contributed by atoms with Crippen LogP contribution >= 0.6 is 0 Å². The minimum atomic E-state index is -0.0195. The van der Waals surface area contributed by atoms with E-state index in [9.17, 15) is 14.7 Å². The van der Waals surface area contributed by atoms with Crippen LogP contribution < -0.4 is 0 Å². The van der Waals surface area contributed by atoms with E-state index in [0.29, 0.717) is 44.4 Å². The van der Waals surface area contributed by atoms with Gasteiger partial charge in [-0.25, -0.2) is 0 Å². The van der Waals surface area contributed by atoms with Gasteiger partial charge in [0.1, 0.15) is 0 Å². The van der Waals surface area contributed by atoms with Gasteiger partial charge in [-0.05, 0) is 89.3 Å². The van der Waals surface area contributed by atoms with Crippen molar-refractivity contribution in [1.29, 1.82) is 0 Å². The van der Waals surface area contributed by atoms with Gasteiger partial charge in [0.15, 0.2) is 0 Å². The third-order valence-electron chi connectivity index (χ3n) is 13.8. The van der Waals surface area contributed by atoms with Crippen LogP contribution in [0.1, 0.15) is 285 Å². The molecule has 0 atom stereocenters. The summed E-state index contributed by atoms with van der Waals surface area (Å²) in [6.07, 6.45) is 47.2. The van der Waals surface area contributed by atoms with Gasteiger partial charge in [0, 0.05) is 32.5 Å². The predicted molar refractivity (Wildman–Crippen MR) is 277 cm³/mol. The Morgan fingerprint density at radius 2 is 0.609 bits per heavy atom. The van der Waals surface area contributed by atoms with Crippen LogP contribution in [0.25, 0.3) is 0 Å². The number of nitrogens with zero attached hydrogens (tertiary/aromatic N) is 2. The summed E-state index contributed by atoms with van der Waals surface area (Å²) in [5.74, 6) is 1.02. The molecule has 0 aliphatic heterocycles. The van der Waals surface area contributed by atoms with Gasteiger partial charge in [-0.3, -0.25) is 14.5 Å². The second kappa shape index (κ2) is 51.2. The summed E-state index contributed by atoms with van der Waals surface area (Å²) in [6.45, 7) is 18.6. The molecule has 0 rings (SSSR count). The standard InChI is InChI=1S/C57H114N2O5/c1-6-11-16-20-24-30-39-54(40-31-25-21-17-12-7-2)52-63-56(61)43-34-28-37-46-58(45-36-15-10-5)48-49-59(50-51-60)47-38-29-35-44-57(62)64-53-55(41-32-26-22-18-13-8-3)42-33-27-23-19-14-9-4/h54-55,60H,6-53H2,1-5H3. The molecule has 0 aromatic carbocycles. The zero-order valence-corrected chi connectivity index (χ0v) is 44.1. The summed E-state index contributed by atoms with van der Waals surface area (Å²) < 4.78 is 11.8. The first-order valence-electron chi connectivity index (χ1n) is 28.8. The molecular weight excluding hydrogens is 793 g/mol. The first kappa shape index (κ1) is 62.8. The zero-order valence-electron chi connectivity index (χ0n) is 44.1. The number of esters is 2. The summed E-state index contributed by atoms with van der Waals surface area (Å²) >= 11 is 0. The molecule has 0 unspecified atom stereocenters. The maximum absolute atomic E-state index is 12.8. The first-order chi connectivity index (χ1) is 31.4. The molecule has 0 saturated carbocycles. The number of hydrogen-bond acceptors (Lipinski definition) is 7. The van der Waals surface area contributed by atoms with Crippen LogP contribution in [0.15, 0.2) is 0 Å². The van der Waals surface area contributed by atoms with E-state index in [0.717, 1.165) is 71.2 Å². The van der Waals surface area contributed by atoms with Gasteiger partial charge >= 0.3 is 11.9 Å². The predicted octanol–water partition coefficient (Wildman–Crippen LogP) is 16.2. The summed E-state index contributed by atoms with van der Waals surface area (Å²) in [5, 5.41) is 9.87. The van der Waals surface area contributed by atoms with Gasteiger partial charge in [0.05, 0.1) is 19.8 Å². The number of ether oxygens (including phenoxy) is 2. The Morgan fingerprint density at radius 3 is 0.938 bits per heavy atom. The number of rotatable bonds is 53. The number of hydrogen-bond donors (Lipinski definition) is 1. The Morgan fingerprint density at radius 1 is 0.344 bits per heavy atom. The monoisotopic (exact) mass is 907 g/mol. The number of aliphatic hydroxyl groups is 1. The third-order valence-corrected chi connectivity index (χ3v) is 13.8. The lowest BCUT2D eigenvalue weighted by molar-refractivity contribution is -0.146. The zero-order chi connectivity index (χ0) is 46.8. The lowest BCUT2D eigenvalue weighted by Crippen LogP contribution is -2.38. The van der Waals surface area contributed by atoms with Crippen molar-refractivity contribution >= 4 is 11.9 Å². The summed E-state index contributed by atoms with van der Waals surface area (Å²) in [7, 11) is 0. The Balaban J connectivity index is 4.63. The van der Waals surface area contributed by atoms with Crippen LogP contribution in [0.4, 0.5) is 0 Å². The van der Waals surface area contributed by atoms with Crippen molar-refractivity contribution in [1.82, 2.24) is 9.80 Å². The van der Waals surface area contributed by atoms with Gasteiger partial charge < -0.3 is 19.5 Å². The fourth-order valence-electron chi connectivity index (χ4n) is 9.28. The maximum atomic E-state index is 12.8. The molecule has 0 aliphatic rings. The Kier molecular flexibility index (Phi) is 50.3. The molecule has 0 bridgehead atoms. The third kappa shape index (κ3) is 44.6. The smallest absolute Gasteiger partial charge is 0.305 e. The van der Waals surface area contributed by atoms with Gasteiger partial charge in [-0.1, -0.05) is 214 Å². The van der Waals surface area contributed by atoms with E-state index < -0.39 is 0 Å². The van der Waals surface area contributed by atoms with Gasteiger partial charge in [0.2, 0.25) is 0 Å². The number of unbranched alkanes of at least 4 members (excludes halogenated alkanes) is 26. The minimum Gasteiger partial charge on any atom is -0.465 e. The highest BCUT2D eigenvalue weighted by molar-refractivity contribution is 5.69. The highest BCUT2D eigenvalue weighted by atomic mass is 16.5. The van der Waals surface area contributed by atoms with Crippen molar-refractivity contribution in [3.05, 3.63) is 0 Å². The topological polar surface area (TPSA) is 79.3 Å². The van der Waals surface area contributed by atoms with E-state index >= 15 is 0 Å². The van der Waals surface area contributed by atoms with Gasteiger partial charge in [0.25, 0.3) is 0 Å². The fraction of sp³-hybridized carbons (Fsp3) is 0.965. The molecule has 7 heteroatoms. The van der Waals surface area contributed by atoms with Crippen molar-refractivity contribution in [3.63, 3.8) is 0 Å². The molecule has 0 heterocycles. The normalized spacial score (nSPS) is 11.8. The first-order valence-corrected chi connectivity index (χ1v) is 28.8. The molecule has 0 aromatic heterocycles. The van der Waals surface area contributed by atoms with Crippen LogP contribution in [-0.4, -0.2) is 85.9 Å². The molecule has 0 spiro atoms. The fourth-order valence-corrected chi connectivity index (χ4v) is 9.28. The van der Waals surface area contributed by atoms with E-state index in [4.69, 9.17) is 9.47 Å². The van der Waals surface area contributed by atoms with Crippen LogP contribution in [-0.2, 0) is 19.1 Å². The van der Waals surface area contributed by atoms with E-state index in [1.54, 1.807) is 0 Å². The van der Waals surface area contributed by atoms with Crippen LogP contribution in [0.5, 0.6) is 0 Å². The quantitative estimate of drug-likeness (QED) is 0.0481. The summed E-state index contributed by atoms with van der Waals surface area (Å²) in [6, 6.07) is 0. The van der Waals surface area contributed by atoms with E-state index in [1.807, 2.05) is 0 Å². The average Bonchev–Trinajstić information content (AvgIpc) is 3.29. The van der Waals surface area contributed by atoms with Crippen molar-refractivity contribution in [2.24, 2.45) is 11.8 Å². The molecule has 0 fully saturated rings. The molecule has 0 radical (unpaired) electrons. The summed E-state index contributed by atoms with van der Waals surface area (Å²) in [4.78, 5) is 30.6. The van der Waals surface area contributed by atoms with Crippen LogP contribution in [0, 0.1) is 11.8 Å².